The van der Waals surface area contributed by atoms with E-state index in [4.69, 9.17) is 4.42 Å². The summed E-state index contributed by atoms with van der Waals surface area (Å²) < 4.78 is 5.93. The smallest absolute Gasteiger partial charge is 0.287 e. The molecule has 1 fully saturated rings. The largest absolute Gasteiger partial charge is 0.455 e. The Hall–Kier alpha value is -2.36. The molecule has 142 valence electrons. The first-order valence-corrected chi connectivity index (χ1v) is 9.78. The van der Waals surface area contributed by atoms with E-state index in [0.717, 1.165) is 18.4 Å². The van der Waals surface area contributed by atoms with Crippen molar-refractivity contribution in [1.82, 2.24) is 5.32 Å². The second kappa shape index (κ2) is 6.36. The molecule has 1 heterocycles. The van der Waals surface area contributed by atoms with E-state index in [-0.39, 0.29) is 23.1 Å². The van der Waals surface area contributed by atoms with E-state index in [1.165, 1.54) is 5.56 Å². The highest BCUT2D eigenvalue weighted by Gasteiger charge is 2.38. The van der Waals surface area contributed by atoms with Crippen LogP contribution in [0.25, 0.3) is 0 Å². The molecule has 1 amide bonds. The maximum Gasteiger partial charge on any atom is 0.287 e. The molecule has 1 aromatic heterocycles. The Bertz CT molecular complexity index is 900. The summed E-state index contributed by atoms with van der Waals surface area (Å²) in [6.45, 7) is 8.01. The van der Waals surface area contributed by atoms with Gasteiger partial charge in [0.05, 0.1) is 11.6 Å². The maximum absolute atomic E-state index is 13.0. The fourth-order valence-corrected chi connectivity index (χ4v) is 4.18. The quantitative estimate of drug-likeness (QED) is 0.835. The second-order valence-corrected chi connectivity index (χ2v) is 8.99. The molecule has 1 atom stereocenters. The number of amides is 1. The summed E-state index contributed by atoms with van der Waals surface area (Å²) in [5.74, 6) is 1.30. The van der Waals surface area contributed by atoms with Gasteiger partial charge in [0.2, 0.25) is 0 Å². The van der Waals surface area contributed by atoms with Gasteiger partial charge in [-0.2, -0.15) is 0 Å². The van der Waals surface area contributed by atoms with Gasteiger partial charge in [-0.3, -0.25) is 9.59 Å². The highest BCUT2D eigenvalue weighted by atomic mass is 16.4. The predicted octanol–water partition coefficient (Wildman–Crippen LogP) is 4.93. The monoisotopic (exact) mass is 365 g/mol. The molecule has 2 aliphatic rings. The summed E-state index contributed by atoms with van der Waals surface area (Å²) in [4.78, 5) is 25.6. The standard InChI is InChI=1S/C23H27NO3/c1-13-5-7-15(8-6-13)20(16-9-10-16)24-22(26)21-14(2)19-17(25)11-23(3,4)12-18(19)27-21/h5-8,16,20H,9-12H2,1-4H3,(H,24,26). The van der Waals surface area contributed by atoms with E-state index in [2.05, 4.69) is 50.4 Å². The van der Waals surface area contributed by atoms with Crippen LogP contribution in [0.5, 0.6) is 0 Å². The number of rotatable bonds is 4. The molecule has 1 N–H and O–H groups in total. The number of ketones is 1. The van der Waals surface area contributed by atoms with Crippen LogP contribution in [0.15, 0.2) is 28.7 Å². The molecule has 0 spiro atoms. The van der Waals surface area contributed by atoms with Crippen LogP contribution in [-0.2, 0) is 6.42 Å². The van der Waals surface area contributed by atoms with Crippen molar-refractivity contribution in [2.24, 2.45) is 11.3 Å². The lowest BCUT2D eigenvalue weighted by Crippen LogP contribution is -2.30. The van der Waals surface area contributed by atoms with Crippen molar-refractivity contribution in [3.05, 3.63) is 58.0 Å². The number of Topliss-reactive ketones (excluding diaryl/α,β-unsaturated/α-hetero) is 1. The number of hydrogen-bond donors (Lipinski definition) is 1. The van der Waals surface area contributed by atoms with E-state index in [9.17, 15) is 9.59 Å². The van der Waals surface area contributed by atoms with Gasteiger partial charge in [-0.25, -0.2) is 0 Å². The van der Waals surface area contributed by atoms with E-state index < -0.39 is 0 Å². The Morgan fingerprint density at radius 2 is 1.81 bits per heavy atom. The van der Waals surface area contributed by atoms with Gasteiger partial charge < -0.3 is 9.73 Å². The molecule has 0 bridgehead atoms. The van der Waals surface area contributed by atoms with Gasteiger partial charge in [-0.05, 0) is 43.6 Å². The topological polar surface area (TPSA) is 59.3 Å². The zero-order chi connectivity index (χ0) is 19.3. The summed E-state index contributed by atoms with van der Waals surface area (Å²) in [6.07, 6.45) is 3.43. The van der Waals surface area contributed by atoms with Crippen LogP contribution in [0.1, 0.15) is 82.5 Å². The Labute approximate surface area is 160 Å². The van der Waals surface area contributed by atoms with Crippen molar-refractivity contribution in [2.45, 2.75) is 59.4 Å². The van der Waals surface area contributed by atoms with Crippen LogP contribution in [0.4, 0.5) is 0 Å². The SMILES string of the molecule is Cc1ccc(C(NC(=O)c2oc3c(c2C)C(=O)CC(C)(C)C3)C2CC2)cc1. The highest BCUT2D eigenvalue weighted by molar-refractivity contribution is 6.03. The van der Waals surface area contributed by atoms with Crippen LogP contribution < -0.4 is 5.32 Å². The number of fused-ring (bicyclic) bond motifs is 1. The van der Waals surface area contributed by atoms with Crippen LogP contribution in [0.3, 0.4) is 0 Å². The third-order valence-electron chi connectivity index (χ3n) is 5.80. The van der Waals surface area contributed by atoms with E-state index in [0.29, 0.717) is 41.4 Å². The van der Waals surface area contributed by atoms with Crippen molar-refractivity contribution in [3.8, 4) is 0 Å². The number of nitrogens with one attached hydrogen (secondary N) is 1. The lowest BCUT2D eigenvalue weighted by molar-refractivity contribution is 0.0879. The number of carbonyl (C=O) groups is 2. The Balaban J connectivity index is 1.61. The molecule has 0 radical (unpaired) electrons. The first-order chi connectivity index (χ1) is 12.7. The summed E-state index contributed by atoms with van der Waals surface area (Å²) in [5, 5.41) is 3.17. The fourth-order valence-electron chi connectivity index (χ4n) is 4.18. The number of furan rings is 1. The molecule has 1 saturated carbocycles. The van der Waals surface area contributed by atoms with Crippen molar-refractivity contribution in [3.63, 3.8) is 0 Å². The van der Waals surface area contributed by atoms with Crippen molar-refractivity contribution < 1.29 is 14.0 Å². The minimum atomic E-state index is -0.218. The van der Waals surface area contributed by atoms with Gasteiger partial charge in [-0.15, -0.1) is 0 Å². The zero-order valence-corrected chi connectivity index (χ0v) is 16.5. The number of aryl methyl sites for hydroxylation is 1. The minimum Gasteiger partial charge on any atom is -0.455 e. The van der Waals surface area contributed by atoms with Gasteiger partial charge in [0.25, 0.3) is 5.91 Å². The molecule has 0 saturated heterocycles. The number of carbonyl (C=O) groups excluding carboxylic acids is 2. The average molecular weight is 365 g/mol. The normalized spacial score (nSPS) is 19.5. The maximum atomic E-state index is 13.0. The third kappa shape index (κ3) is 3.45. The minimum absolute atomic E-state index is 0.00762. The lowest BCUT2D eigenvalue weighted by atomic mass is 9.76. The molecule has 27 heavy (non-hydrogen) atoms. The summed E-state index contributed by atoms with van der Waals surface area (Å²) in [6, 6.07) is 8.32. The summed E-state index contributed by atoms with van der Waals surface area (Å²) in [7, 11) is 0. The van der Waals surface area contributed by atoms with E-state index in [1.807, 2.05) is 6.92 Å². The molecule has 1 unspecified atom stereocenters. The third-order valence-corrected chi connectivity index (χ3v) is 5.80. The van der Waals surface area contributed by atoms with Crippen LogP contribution in [-0.4, -0.2) is 11.7 Å². The van der Waals surface area contributed by atoms with Gasteiger partial charge in [-0.1, -0.05) is 43.7 Å². The molecular weight excluding hydrogens is 338 g/mol. The Morgan fingerprint density at radius 3 is 2.44 bits per heavy atom. The molecule has 4 heteroatoms. The van der Waals surface area contributed by atoms with Gasteiger partial charge >= 0.3 is 0 Å². The van der Waals surface area contributed by atoms with E-state index >= 15 is 0 Å². The van der Waals surface area contributed by atoms with Crippen molar-refractivity contribution in [1.29, 1.82) is 0 Å². The number of hydrogen-bond acceptors (Lipinski definition) is 3. The van der Waals surface area contributed by atoms with Gasteiger partial charge in [0.15, 0.2) is 11.5 Å². The van der Waals surface area contributed by atoms with Crippen LogP contribution >= 0.6 is 0 Å². The zero-order valence-electron chi connectivity index (χ0n) is 16.5. The molecule has 4 nitrogen and oxygen atoms in total. The molecule has 1 aromatic carbocycles. The molecule has 2 aliphatic carbocycles. The highest BCUT2D eigenvalue weighted by Crippen LogP contribution is 2.42. The first-order valence-electron chi connectivity index (χ1n) is 9.78. The van der Waals surface area contributed by atoms with Gasteiger partial charge in [0.1, 0.15) is 5.76 Å². The van der Waals surface area contributed by atoms with Crippen molar-refractivity contribution >= 4 is 11.7 Å². The molecule has 4 rings (SSSR count). The molecular formula is C23H27NO3. The Kier molecular flexibility index (Phi) is 4.25. The summed E-state index contributed by atoms with van der Waals surface area (Å²) in [5.41, 5.74) is 3.51. The average Bonchev–Trinajstić information content (AvgIpc) is 3.36. The second-order valence-electron chi connectivity index (χ2n) is 8.99. The van der Waals surface area contributed by atoms with Crippen LogP contribution in [0.2, 0.25) is 0 Å². The Morgan fingerprint density at radius 1 is 1.15 bits per heavy atom. The molecule has 0 aliphatic heterocycles. The van der Waals surface area contributed by atoms with Crippen molar-refractivity contribution in [2.75, 3.05) is 0 Å². The first kappa shape index (κ1) is 18.0. The lowest BCUT2D eigenvalue weighted by Gasteiger charge is -2.27. The van der Waals surface area contributed by atoms with Crippen LogP contribution in [0, 0.1) is 25.2 Å². The van der Waals surface area contributed by atoms with E-state index in [1.54, 1.807) is 0 Å². The number of benzene rings is 1. The fraction of sp³-hybridized carbons (Fsp3) is 0.478. The predicted molar refractivity (Wildman–Crippen MR) is 104 cm³/mol. The molecule has 2 aromatic rings. The summed E-state index contributed by atoms with van der Waals surface area (Å²) >= 11 is 0. The van der Waals surface area contributed by atoms with Gasteiger partial charge in [0, 0.05) is 18.4 Å².